The summed E-state index contributed by atoms with van der Waals surface area (Å²) in [6.45, 7) is 0. The second-order valence-corrected chi connectivity index (χ2v) is 4.83. The zero-order valence-electron chi connectivity index (χ0n) is 9.80. The lowest BCUT2D eigenvalue weighted by molar-refractivity contribution is -0.140. The Morgan fingerprint density at radius 2 is 1.94 bits per heavy atom. The number of rotatable bonds is 4. The molecule has 0 aromatic heterocycles. The summed E-state index contributed by atoms with van der Waals surface area (Å²) >= 11 is 0. The maximum atomic E-state index is 13.8. The summed E-state index contributed by atoms with van der Waals surface area (Å²) in [7, 11) is 0. The van der Waals surface area contributed by atoms with E-state index in [1.54, 1.807) is 0 Å². The summed E-state index contributed by atoms with van der Waals surface area (Å²) in [5, 5.41) is 0. The first-order chi connectivity index (χ1) is 8.39. The lowest BCUT2D eigenvalue weighted by atomic mass is 9.98. The lowest BCUT2D eigenvalue weighted by Crippen LogP contribution is -2.16. The van der Waals surface area contributed by atoms with Gasteiger partial charge in [-0.3, -0.25) is 0 Å². The Morgan fingerprint density at radius 3 is 2.50 bits per heavy atom. The molecule has 1 aromatic carbocycles. The van der Waals surface area contributed by atoms with E-state index < -0.39 is 23.6 Å². The maximum Gasteiger partial charge on any atom is 0.419 e. The van der Waals surface area contributed by atoms with Gasteiger partial charge < -0.3 is 5.73 Å². The third-order valence-corrected chi connectivity index (χ3v) is 3.32. The van der Waals surface area contributed by atoms with Crippen molar-refractivity contribution in [3.8, 4) is 0 Å². The van der Waals surface area contributed by atoms with E-state index in [2.05, 4.69) is 0 Å². The molecule has 0 amide bonds. The molecule has 1 saturated carbocycles. The summed E-state index contributed by atoms with van der Waals surface area (Å²) in [5.74, 6) is -0.599. The minimum atomic E-state index is -4.67. The van der Waals surface area contributed by atoms with E-state index in [0.717, 1.165) is 25.3 Å². The Morgan fingerprint density at radius 1 is 1.28 bits per heavy atom. The van der Waals surface area contributed by atoms with E-state index in [1.807, 2.05) is 0 Å². The van der Waals surface area contributed by atoms with Gasteiger partial charge in [0.25, 0.3) is 0 Å². The molecule has 0 saturated heterocycles. The lowest BCUT2D eigenvalue weighted by Gasteiger charge is -2.16. The molecule has 0 spiro atoms. The fourth-order valence-electron chi connectivity index (χ4n) is 2.03. The normalized spacial score (nSPS) is 17.8. The zero-order chi connectivity index (χ0) is 13.3. The number of halogens is 4. The predicted octanol–water partition coefficient (Wildman–Crippen LogP) is 4.03. The van der Waals surface area contributed by atoms with Crippen molar-refractivity contribution in [2.45, 2.75) is 37.9 Å². The van der Waals surface area contributed by atoms with Crippen LogP contribution in [0, 0.1) is 11.7 Å². The number of hydrogen-bond acceptors (Lipinski definition) is 1. The highest BCUT2D eigenvalue weighted by Gasteiger charge is 2.35. The third-order valence-electron chi connectivity index (χ3n) is 3.32. The molecule has 1 aliphatic rings. The van der Waals surface area contributed by atoms with E-state index in [-0.39, 0.29) is 5.56 Å². The van der Waals surface area contributed by atoms with Crippen molar-refractivity contribution >= 4 is 0 Å². The molecule has 100 valence electrons. The van der Waals surface area contributed by atoms with Crippen LogP contribution < -0.4 is 5.73 Å². The number of nitrogens with two attached hydrogens (primary N) is 1. The third kappa shape index (κ3) is 3.02. The van der Waals surface area contributed by atoms with Gasteiger partial charge in [-0.2, -0.15) is 13.2 Å². The average molecular weight is 261 g/mol. The van der Waals surface area contributed by atoms with Crippen LogP contribution in [0.2, 0.25) is 0 Å². The van der Waals surface area contributed by atoms with Crippen molar-refractivity contribution in [2.75, 3.05) is 0 Å². The van der Waals surface area contributed by atoms with Gasteiger partial charge in [-0.1, -0.05) is 25.0 Å². The number of hydrogen-bond donors (Lipinski definition) is 1. The molecule has 0 radical (unpaired) electrons. The van der Waals surface area contributed by atoms with Crippen LogP contribution in [0.3, 0.4) is 0 Å². The quantitative estimate of drug-likeness (QED) is 0.813. The topological polar surface area (TPSA) is 26.0 Å². The van der Waals surface area contributed by atoms with Gasteiger partial charge in [0, 0.05) is 11.6 Å². The Labute approximate surface area is 103 Å². The van der Waals surface area contributed by atoms with Crippen molar-refractivity contribution < 1.29 is 17.6 Å². The molecule has 1 unspecified atom stereocenters. The van der Waals surface area contributed by atoms with Crippen LogP contribution in [0.5, 0.6) is 0 Å². The number of alkyl halides is 3. The van der Waals surface area contributed by atoms with Crippen molar-refractivity contribution in [3.05, 3.63) is 35.1 Å². The van der Waals surface area contributed by atoms with Crippen LogP contribution in [0.25, 0.3) is 0 Å². The molecule has 2 N–H and O–H groups in total. The Hall–Kier alpha value is -1.10. The standard InChI is InChI=1S/C13H15F4N/c14-12-9(11(18)7-6-8-4-5-8)2-1-3-10(12)13(15,16)17/h1-3,8,11H,4-7,18H2. The second-order valence-electron chi connectivity index (χ2n) is 4.83. The summed E-state index contributed by atoms with van der Waals surface area (Å²) in [5.41, 5.74) is 4.51. The molecule has 1 aliphatic carbocycles. The predicted molar refractivity (Wildman–Crippen MR) is 60.3 cm³/mol. The fraction of sp³-hybridized carbons (Fsp3) is 0.538. The summed E-state index contributed by atoms with van der Waals surface area (Å²) < 4.78 is 51.4. The highest BCUT2D eigenvalue weighted by Crippen LogP contribution is 2.37. The summed E-state index contributed by atoms with van der Waals surface area (Å²) in [6.07, 6.45) is -0.981. The van der Waals surface area contributed by atoms with Gasteiger partial charge in [0.1, 0.15) is 5.82 Å². The van der Waals surface area contributed by atoms with Crippen molar-refractivity contribution in [1.82, 2.24) is 0 Å². The highest BCUT2D eigenvalue weighted by molar-refractivity contribution is 5.30. The van der Waals surface area contributed by atoms with Crippen LogP contribution in [-0.2, 0) is 6.18 Å². The molecule has 0 aliphatic heterocycles. The molecule has 0 heterocycles. The Kier molecular flexibility index (Phi) is 3.61. The van der Waals surface area contributed by atoms with E-state index in [4.69, 9.17) is 5.73 Å². The first-order valence-corrected chi connectivity index (χ1v) is 6.00. The zero-order valence-corrected chi connectivity index (χ0v) is 9.80. The van der Waals surface area contributed by atoms with Crippen molar-refractivity contribution in [1.29, 1.82) is 0 Å². The highest BCUT2D eigenvalue weighted by atomic mass is 19.4. The average Bonchev–Trinajstić information content (AvgIpc) is 3.08. The fourth-order valence-corrected chi connectivity index (χ4v) is 2.03. The Balaban J connectivity index is 2.16. The van der Waals surface area contributed by atoms with Gasteiger partial charge in [-0.15, -0.1) is 0 Å². The van der Waals surface area contributed by atoms with Crippen LogP contribution in [0.4, 0.5) is 17.6 Å². The maximum absolute atomic E-state index is 13.8. The van der Waals surface area contributed by atoms with Crippen molar-refractivity contribution in [3.63, 3.8) is 0 Å². The SMILES string of the molecule is NC(CCC1CC1)c1cccc(C(F)(F)F)c1F. The largest absolute Gasteiger partial charge is 0.419 e. The first kappa shape index (κ1) is 13.3. The van der Waals surface area contributed by atoms with Crippen LogP contribution in [0.15, 0.2) is 18.2 Å². The van der Waals surface area contributed by atoms with E-state index >= 15 is 0 Å². The van der Waals surface area contributed by atoms with Crippen LogP contribution in [0.1, 0.15) is 42.9 Å². The molecule has 1 aromatic rings. The van der Waals surface area contributed by atoms with Crippen LogP contribution in [-0.4, -0.2) is 0 Å². The van der Waals surface area contributed by atoms with Gasteiger partial charge in [-0.25, -0.2) is 4.39 Å². The van der Waals surface area contributed by atoms with Crippen LogP contribution >= 0.6 is 0 Å². The van der Waals surface area contributed by atoms with E-state index in [1.165, 1.54) is 12.1 Å². The minimum absolute atomic E-state index is 0.0366. The van der Waals surface area contributed by atoms with Gasteiger partial charge in [0.15, 0.2) is 0 Å². The van der Waals surface area contributed by atoms with Gasteiger partial charge >= 0.3 is 6.18 Å². The van der Waals surface area contributed by atoms with Gasteiger partial charge in [-0.05, 0) is 24.8 Å². The van der Waals surface area contributed by atoms with Gasteiger partial charge in [0.05, 0.1) is 5.56 Å². The summed E-state index contributed by atoms with van der Waals surface area (Å²) in [6, 6.07) is 2.63. The smallest absolute Gasteiger partial charge is 0.324 e. The summed E-state index contributed by atoms with van der Waals surface area (Å²) in [4.78, 5) is 0. The molecule has 1 fully saturated rings. The monoisotopic (exact) mass is 261 g/mol. The molecule has 18 heavy (non-hydrogen) atoms. The second kappa shape index (κ2) is 4.88. The first-order valence-electron chi connectivity index (χ1n) is 6.00. The molecule has 1 nitrogen and oxygen atoms in total. The number of benzene rings is 1. The molecule has 0 bridgehead atoms. The molecule has 1 atom stereocenters. The minimum Gasteiger partial charge on any atom is -0.324 e. The Bertz CT molecular complexity index is 423. The molecule has 2 rings (SSSR count). The molecule has 5 heteroatoms. The van der Waals surface area contributed by atoms with Crippen molar-refractivity contribution in [2.24, 2.45) is 11.7 Å². The van der Waals surface area contributed by atoms with E-state index in [9.17, 15) is 17.6 Å². The molecular formula is C13H15F4N. The van der Waals surface area contributed by atoms with E-state index in [0.29, 0.717) is 12.3 Å². The molecular weight excluding hydrogens is 246 g/mol. The van der Waals surface area contributed by atoms with Gasteiger partial charge in [0.2, 0.25) is 0 Å².